The van der Waals surface area contributed by atoms with Crippen LogP contribution in [0.1, 0.15) is 27.9 Å². The molecule has 0 saturated carbocycles. The molecule has 6 nitrogen and oxygen atoms in total. The van der Waals surface area contributed by atoms with E-state index in [1.165, 1.54) is 16.4 Å². The second kappa shape index (κ2) is 8.74. The molecule has 0 bridgehead atoms. The first kappa shape index (κ1) is 22.6. The second-order valence-electron chi connectivity index (χ2n) is 8.05. The Morgan fingerprint density at radius 1 is 0.875 bits per heavy atom. The molecule has 2 fully saturated rings. The molecule has 0 radical (unpaired) electrons. The van der Waals surface area contributed by atoms with Gasteiger partial charge in [-0.3, -0.25) is 14.0 Å². The van der Waals surface area contributed by atoms with E-state index < -0.39 is 21.8 Å². The molecule has 1 amide bonds. The molecule has 2 heterocycles. The lowest BCUT2D eigenvalue weighted by molar-refractivity contribution is -0.137. The quantitative estimate of drug-likeness (QED) is 0.693. The highest BCUT2D eigenvalue weighted by Gasteiger charge is 2.30. The number of anilines is 1. The monoisotopic (exact) mass is 467 g/mol. The second-order valence-corrected chi connectivity index (χ2v) is 10.1. The van der Waals surface area contributed by atoms with E-state index in [4.69, 9.17) is 0 Å². The number of carbonyl (C=O) groups is 1. The molecule has 0 aliphatic carbocycles. The van der Waals surface area contributed by atoms with Crippen molar-refractivity contribution in [3.63, 3.8) is 0 Å². The zero-order chi connectivity index (χ0) is 22.9. The molecule has 2 saturated heterocycles. The van der Waals surface area contributed by atoms with Gasteiger partial charge in [0.05, 0.1) is 17.0 Å². The highest BCUT2D eigenvalue weighted by atomic mass is 32.2. The van der Waals surface area contributed by atoms with Gasteiger partial charge in [0.15, 0.2) is 0 Å². The van der Waals surface area contributed by atoms with Crippen LogP contribution in [0.5, 0.6) is 0 Å². The van der Waals surface area contributed by atoms with E-state index in [1.54, 1.807) is 29.2 Å². The van der Waals surface area contributed by atoms with E-state index in [0.717, 1.165) is 17.7 Å². The van der Waals surface area contributed by atoms with Crippen LogP contribution in [0.15, 0.2) is 48.5 Å². The van der Waals surface area contributed by atoms with E-state index >= 15 is 0 Å². The summed E-state index contributed by atoms with van der Waals surface area (Å²) in [5.74, 6) is 0.0276. The molecule has 2 aliphatic heterocycles. The number of sulfonamides is 1. The number of rotatable bonds is 4. The summed E-state index contributed by atoms with van der Waals surface area (Å²) in [6, 6.07) is 11.8. The van der Waals surface area contributed by atoms with Crippen molar-refractivity contribution in [1.82, 2.24) is 9.80 Å². The lowest BCUT2D eigenvalue weighted by atomic mass is 10.1. The zero-order valence-electron chi connectivity index (χ0n) is 17.4. The van der Waals surface area contributed by atoms with Gasteiger partial charge < -0.3 is 4.90 Å². The zero-order valence-corrected chi connectivity index (χ0v) is 18.2. The minimum absolute atomic E-state index is 0.116. The average Bonchev–Trinajstić information content (AvgIpc) is 3.12. The Bertz CT molecular complexity index is 1060. The smallest absolute Gasteiger partial charge is 0.336 e. The number of amides is 1. The molecule has 10 heteroatoms. The van der Waals surface area contributed by atoms with Crippen molar-refractivity contribution < 1.29 is 26.4 Å². The lowest BCUT2D eigenvalue weighted by Crippen LogP contribution is -2.48. The molecule has 0 N–H and O–H groups in total. The Morgan fingerprint density at radius 2 is 1.50 bits per heavy atom. The first-order chi connectivity index (χ1) is 15.1. The van der Waals surface area contributed by atoms with Gasteiger partial charge in [-0.1, -0.05) is 12.1 Å². The highest BCUT2D eigenvalue weighted by molar-refractivity contribution is 7.93. The summed E-state index contributed by atoms with van der Waals surface area (Å²) in [5.41, 5.74) is 1.21. The third kappa shape index (κ3) is 4.91. The number of hydrogen-bond donors (Lipinski definition) is 0. The van der Waals surface area contributed by atoms with Crippen LogP contribution in [0.25, 0.3) is 0 Å². The maximum absolute atomic E-state index is 12.8. The molecule has 32 heavy (non-hydrogen) atoms. The molecular formula is C22H24F3N3O3S. The number of piperazine rings is 1. The number of alkyl halides is 3. The number of nitrogens with zero attached hydrogens (tertiary/aromatic N) is 3. The van der Waals surface area contributed by atoms with E-state index in [1.807, 2.05) is 0 Å². The Labute approximate surface area is 185 Å². The van der Waals surface area contributed by atoms with Crippen LogP contribution in [-0.2, 0) is 22.7 Å². The van der Waals surface area contributed by atoms with Crippen LogP contribution < -0.4 is 4.31 Å². The third-order valence-corrected chi connectivity index (χ3v) is 7.72. The normalized spacial score (nSPS) is 19.3. The Morgan fingerprint density at radius 3 is 2.03 bits per heavy atom. The fourth-order valence-electron chi connectivity index (χ4n) is 4.05. The predicted molar refractivity (Wildman–Crippen MR) is 115 cm³/mol. The van der Waals surface area contributed by atoms with Crippen LogP contribution in [-0.4, -0.2) is 62.6 Å². The van der Waals surface area contributed by atoms with Crippen molar-refractivity contribution in [2.75, 3.05) is 42.8 Å². The van der Waals surface area contributed by atoms with E-state index in [9.17, 15) is 26.4 Å². The van der Waals surface area contributed by atoms with Crippen LogP contribution in [0.2, 0.25) is 0 Å². The van der Waals surface area contributed by atoms with Gasteiger partial charge in [-0.25, -0.2) is 8.42 Å². The number of halogens is 3. The molecule has 0 atom stereocenters. The Hall–Kier alpha value is -2.59. The number of benzene rings is 2. The summed E-state index contributed by atoms with van der Waals surface area (Å²) in [7, 11) is -3.26. The number of hydrogen-bond acceptors (Lipinski definition) is 4. The minimum atomic E-state index is -4.34. The van der Waals surface area contributed by atoms with Crippen molar-refractivity contribution in [2.45, 2.75) is 19.1 Å². The lowest BCUT2D eigenvalue weighted by Gasteiger charge is -2.35. The molecule has 2 aromatic carbocycles. The van der Waals surface area contributed by atoms with E-state index in [2.05, 4.69) is 4.90 Å². The van der Waals surface area contributed by atoms with Gasteiger partial charge in [0.2, 0.25) is 10.0 Å². The fourth-order valence-corrected chi connectivity index (χ4v) is 5.61. The van der Waals surface area contributed by atoms with Gasteiger partial charge in [0, 0.05) is 44.8 Å². The van der Waals surface area contributed by atoms with Crippen LogP contribution >= 0.6 is 0 Å². The topological polar surface area (TPSA) is 60.9 Å². The molecular weight excluding hydrogens is 443 g/mol. The van der Waals surface area contributed by atoms with Gasteiger partial charge in [0.25, 0.3) is 5.91 Å². The van der Waals surface area contributed by atoms with Gasteiger partial charge in [-0.05, 0) is 48.4 Å². The molecule has 2 aromatic rings. The maximum atomic E-state index is 12.8. The van der Waals surface area contributed by atoms with Crippen molar-refractivity contribution in [2.24, 2.45) is 0 Å². The van der Waals surface area contributed by atoms with Gasteiger partial charge in [-0.2, -0.15) is 13.2 Å². The van der Waals surface area contributed by atoms with E-state index in [0.29, 0.717) is 56.9 Å². The van der Waals surface area contributed by atoms with E-state index in [-0.39, 0.29) is 11.7 Å². The summed E-state index contributed by atoms with van der Waals surface area (Å²) in [6.45, 7) is 3.26. The summed E-state index contributed by atoms with van der Waals surface area (Å²) < 4.78 is 63.6. The summed E-state index contributed by atoms with van der Waals surface area (Å²) in [5, 5.41) is 0. The SMILES string of the molecule is O=C(c1ccc(N2CCCS2(=O)=O)cc1)N1CCN(Cc2ccc(C(F)(F)F)cc2)CC1. The Kier molecular flexibility index (Phi) is 6.17. The molecule has 0 spiro atoms. The third-order valence-electron chi connectivity index (χ3n) is 5.85. The minimum Gasteiger partial charge on any atom is -0.336 e. The number of carbonyl (C=O) groups excluding carboxylic acids is 1. The van der Waals surface area contributed by atoms with Gasteiger partial charge in [-0.15, -0.1) is 0 Å². The summed E-state index contributed by atoms with van der Waals surface area (Å²) in [4.78, 5) is 16.7. The standard InChI is InChI=1S/C22H24F3N3O3S/c23-22(24,25)19-6-2-17(3-7-19)16-26-11-13-27(14-12-26)21(29)18-4-8-20(9-5-18)28-10-1-15-32(28,30)31/h2-9H,1,10-16H2. The average molecular weight is 468 g/mol. The molecule has 2 aliphatic rings. The first-order valence-electron chi connectivity index (χ1n) is 10.4. The molecule has 4 rings (SSSR count). The molecule has 172 valence electrons. The fraction of sp³-hybridized carbons (Fsp3) is 0.409. The van der Waals surface area contributed by atoms with Crippen molar-refractivity contribution >= 4 is 21.6 Å². The van der Waals surface area contributed by atoms with Crippen LogP contribution in [0.3, 0.4) is 0 Å². The van der Waals surface area contributed by atoms with Crippen molar-refractivity contribution in [3.8, 4) is 0 Å². The van der Waals surface area contributed by atoms with Gasteiger partial charge in [0.1, 0.15) is 0 Å². The predicted octanol–water partition coefficient (Wildman–Crippen LogP) is 3.20. The van der Waals surface area contributed by atoms with Crippen molar-refractivity contribution in [3.05, 3.63) is 65.2 Å². The summed E-state index contributed by atoms with van der Waals surface area (Å²) >= 11 is 0. The highest BCUT2D eigenvalue weighted by Crippen LogP contribution is 2.29. The van der Waals surface area contributed by atoms with Crippen molar-refractivity contribution in [1.29, 1.82) is 0 Å². The largest absolute Gasteiger partial charge is 0.416 e. The summed E-state index contributed by atoms with van der Waals surface area (Å²) in [6.07, 6.45) is -3.74. The first-order valence-corrected chi connectivity index (χ1v) is 12.0. The van der Waals surface area contributed by atoms with Crippen LogP contribution in [0, 0.1) is 0 Å². The maximum Gasteiger partial charge on any atom is 0.416 e. The van der Waals surface area contributed by atoms with Gasteiger partial charge >= 0.3 is 6.18 Å². The van der Waals surface area contributed by atoms with Crippen LogP contribution in [0.4, 0.5) is 18.9 Å². The Balaban J connectivity index is 1.31. The molecule has 0 unspecified atom stereocenters. The molecule has 0 aromatic heterocycles.